The van der Waals surface area contributed by atoms with Gasteiger partial charge in [0.2, 0.25) is 5.78 Å². The van der Waals surface area contributed by atoms with Gasteiger partial charge in [-0.05, 0) is 36.4 Å². The van der Waals surface area contributed by atoms with E-state index in [9.17, 15) is 9.59 Å². The van der Waals surface area contributed by atoms with E-state index in [4.69, 9.17) is 37.4 Å². The number of carbonyl (C=O) groups is 2. The van der Waals surface area contributed by atoms with Crippen LogP contribution in [0.15, 0.2) is 36.4 Å². The van der Waals surface area contributed by atoms with Crippen LogP contribution in [-0.2, 0) is 4.74 Å². The van der Waals surface area contributed by atoms with Gasteiger partial charge in [0, 0.05) is 5.02 Å². The Hall–Kier alpha value is -2.24. The Kier molecular flexibility index (Phi) is 6.06. The zero-order chi connectivity index (χ0) is 17.7. The predicted molar refractivity (Wildman–Crippen MR) is 90.6 cm³/mol. The molecule has 0 saturated heterocycles. The summed E-state index contributed by atoms with van der Waals surface area (Å²) in [6.07, 6.45) is 0. The highest BCUT2D eigenvalue weighted by Crippen LogP contribution is 2.25. The molecule has 0 heterocycles. The Bertz CT molecular complexity index is 774. The van der Waals surface area contributed by atoms with Crippen LogP contribution in [0, 0.1) is 0 Å². The summed E-state index contributed by atoms with van der Waals surface area (Å²) < 4.78 is 15.2. The molecule has 5 nitrogen and oxygen atoms in total. The van der Waals surface area contributed by atoms with Crippen LogP contribution in [0.3, 0.4) is 0 Å². The molecule has 0 unspecified atom stereocenters. The number of rotatable bonds is 6. The normalized spacial score (nSPS) is 10.2. The quantitative estimate of drug-likeness (QED) is 0.568. The SMILES string of the molecule is COc1ccc(OC)c(C(=O)COC(=O)c2cc(Cl)ccc2Cl)c1. The maximum Gasteiger partial charge on any atom is 0.340 e. The van der Waals surface area contributed by atoms with E-state index in [1.54, 1.807) is 18.2 Å². The predicted octanol–water partition coefficient (Wildman–Crippen LogP) is 4.05. The van der Waals surface area contributed by atoms with Crippen molar-refractivity contribution in [2.24, 2.45) is 0 Å². The van der Waals surface area contributed by atoms with Crippen molar-refractivity contribution in [2.75, 3.05) is 20.8 Å². The molecular weight excluding hydrogens is 355 g/mol. The lowest BCUT2D eigenvalue weighted by Gasteiger charge is -2.10. The summed E-state index contributed by atoms with van der Waals surface area (Å²) >= 11 is 11.8. The van der Waals surface area contributed by atoms with E-state index >= 15 is 0 Å². The van der Waals surface area contributed by atoms with Crippen LogP contribution in [0.25, 0.3) is 0 Å². The first-order valence-electron chi connectivity index (χ1n) is 6.83. The first kappa shape index (κ1) is 18.1. The summed E-state index contributed by atoms with van der Waals surface area (Å²) in [4.78, 5) is 24.4. The molecule has 2 rings (SSSR count). The summed E-state index contributed by atoms with van der Waals surface area (Å²) in [5, 5.41) is 0.531. The van der Waals surface area contributed by atoms with Gasteiger partial charge in [-0.2, -0.15) is 0 Å². The molecule has 7 heteroatoms. The standard InChI is InChI=1S/C17H14Cl2O5/c1-22-11-4-6-16(23-2)13(8-11)15(20)9-24-17(21)12-7-10(18)3-5-14(12)19/h3-8H,9H2,1-2H3. The molecule has 0 aliphatic rings. The van der Waals surface area contributed by atoms with E-state index in [-0.39, 0.29) is 16.1 Å². The van der Waals surface area contributed by atoms with Gasteiger partial charge < -0.3 is 14.2 Å². The second kappa shape index (κ2) is 8.04. The lowest BCUT2D eigenvalue weighted by atomic mass is 10.1. The van der Waals surface area contributed by atoms with Gasteiger partial charge >= 0.3 is 5.97 Å². The largest absolute Gasteiger partial charge is 0.497 e. The highest BCUT2D eigenvalue weighted by Gasteiger charge is 2.18. The maximum atomic E-state index is 12.3. The lowest BCUT2D eigenvalue weighted by Crippen LogP contribution is -2.15. The highest BCUT2D eigenvalue weighted by atomic mass is 35.5. The monoisotopic (exact) mass is 368 g/mol. The van der Waals surface area contributed by atoms with Gasteiger partial charge in [-0.15, -0.1) is 0 Å². The van der Waals surface area contributed by atoms with E-state index in [0.717, 1.165) is 0 Å². The molecule has 0 N–H and O–H groups in total. The number of hydrogen-bond donors (Lipinski definition) is 0. The highest BCUT2D eigenvalue weighted by molar-refractivity contribution is 6.35. The number of carbonyl (C=O) groups excluding carboxylic acids is 2. The van der Waals surface area contributed by atoms with Gasteiger partial charge in [0.15, 0.2) is 6.61 Å². The summed E-state index contributed by atoms with van der Waals surface area (Å²) in [7, 11) is 2.92. The molecule has 0 spiro atoms. The molecule has 0 atom stereocenters. The summed E-state index contributed by atoms with van der Waals surface area (Å²) in [5.41, 5.74) is 0.344. The van der Waals surface area contributed by atoms with Crippen LogP contribution in [0.2, 0.25) is 10.0 Å². The fourth-order valence-electron chi connectivity index (χ4n) is 1.97. The fraction of sp³-hybridized carbons (Fsp3) is 0.176. The van der Waals surface area contributed by atoms with Gasteiger partial charge in [-0.25, -0.2) is 4.79 Å². The van der Waals surface area contributed by atoms with Crippen LogP contribution >= 0.6 is 23.2 Å². The lowest BCUT2D eigenvalue weighted by molar-refractivity contribution is 0.0474. The molecule has 0 aliphatic carbocycles. The number of esters is 1. The number of ether oxygens (including phenoxy) is 3. The summed E-state index contributed by atoms with van der Waals surface area (Å²) in [6, 6.07) is 9.18. The van der Waals surface area contributed by atoms with Crippen molar-refractivity contribution in [3.63, 3.8) is 0 Å². The molecule has 0 fully saturated rings. The van der Waals surface area contributed by atoms with Crippen LogP contribution in [-0.4, -0.2) is 32.6 Å². The van der Waals surface area contributed by atoms with Crippen molar-refractivity contribution in [1.29, 1.82) is 0 Å². The molecule has 0 radical (unpaired) electrons. The third kappa shape index (κ3) is 4.19. The van der Waals surface area contributed by atoms with E-state index in [1.807, 2.05) is 0 Å². The second-order valence-corrected chi connectivity index (χ2v) is 5.53. The molecule has 126 valence electrons. The molecule has 0 amide bonds. The fourth-order valence-corrected chi connectivity index (χ4v) is 2.34. The average Bonchev–Trinajstić information content (AvgIpc) is 2.60. The van der Waals surface area contributed by atoms with Crippen LogP contribution in [0.4, 0.5) is 0 Å². The van der Waals surface area contributed by atoms with Crippen LogP contribution < -0.4 is 9.47 Å². The number of benzene rings is 2. The third-order valence-electron chi connectivity index (χ3n) is 3.19. The van der Waals surface area contributed by atoms with Crippen molar-refractivity contribution in [3.8, 4) is 11.5 Å². The number of hydrogen-bond acceptors (Lipinski definition) is 5. The smallest absolute Gasteiger partial charge is 0.340 e. The minimum Gasteiger partial charge on any atom is -0.497 e. The van der Waals surface area contributed by atoms with E-state index < -0.39 is 18.4 Å². The molecule has 0 bridgehead atoms. The third-order valence-corrected chi connectivity index (χ3v) is 3.75. The molecular formula is C17H14Cl2O5. The first-order valence-corrected chi connectivity index (χ1v) is 7.59. The summed E-state index contributed by atoms with van der Waals surface area (Å²) in [6.45, 7) is -0.467. The number of methoxy groups -OCH3 is 2. The van der Waals surface area contributed by atoms with Crippen molar-refractivity contribution < 1.29 is 23.8 Å². The Morgan fingerprint density at radius 1 is 0.958 bits per heavy atom. The minimum atomic E-state index is -0.738. The molecule has 0 saturated carbocycles. The van der Waals surface area contributed by atoms with Gasteiger partial charge in [0.05, 0.1) is 30.4 Å². The first-order chi connectivity index (χ1) is 11.5. The van der Waals surface area contributed by atoms with E-state index in [0.29, 0.717) is 16.5 Å². The van der Waals surface area contributed by atoms with Gasteiger partial charge in [0.1, 0.15) is 11.5 Å². The van der Waals surface area contributed by atoms with Gasteiger partial charge in [-0.1, -0.05) is 23.2 Å². The number of ketones is 1. The Morgan fingerprint density at radius 2 is 1.71 bits per heavy atom. The Balaban J connectivity index is 2.13. The molecule has 0 aromatic heterocycles. The topological polar surface area (TPSA) is 61.8 Å². The zero-order valence-electron chi connectivity index (χ0n) is 13.0. The van der Waals surface area contributed by atoms with Gasteiger partial charge in [0.25, 0.3) is 0 Å². The average molecular weight is 369 g/mol. The summed E-state index contributed by atoms with van der Waals surface area (Å²) in [5.74, 6) is -0.323. The molecule has 0 aliphatic heterocycles. The van der Waals surface area contributed by atoms with Crippen molar-refractivity contribution in [2.45, 2.75) is 0 Å². The molecule has 2 aromatic rings. The second-order valence-electron chi connectivity index (χ2n) is 4.69. The molecule has 2 aromatic carbocycles. The number of halogens is 2. The Labute approximate surface area is 149 Å². The van der Waals surface area contributed by atoms with Gasteiger partial charge in [-0.3, -0.25) is 4.79 Å². The van der Waals surface area contributed by atoms with Crippen LogP contribution in [0.1, 0.15) is 20.7 Å². The zero-order valence-corrected chi connectivity index (χ0v) is 14.5. The van der Waals surface area contributed by atoms with E-state index in [2.05, 4.69) is 0 Å². The molecule has 24 heavy (non-hydrogen) atoms. The van der Waals surface area contributed by atoms with E-state index in [1.165, 1.54) is 32.4 Å². The Morgan fingerprint density at radius 3 is 2.38 bits per heavy atom. The number of Topliss-reactive ketones (excluding diaryl/α,β-unsaturated/α-hetero) is 1. The minimum absolute atomic E-state index is 0.0922. The van der Waals surface area contributed by atoms with Crippen molar-refractivity contribution >= 4 is 35.0 Å². The maximum absolute atomic E-state index is 12.3. The van der Waals surface area contributed by atoms with Crippen molar-refractivity contribution in [1.82, 2.24) is 0 Å². The van der Waals surface area contributed by atoms with Crippen molar-refractivity contribution in [3.05, 3.63) is 57.6 Å². The van der Waals surface area contributed by atoms with Crippen LogP contribution in [0.5, 0.6) is 11.5 Å².